The van der Waals surface area contributed by atoms with E-state index in [1.54, 1.807) is 0 Å². The van der Waals surface area contributed by atoms with Gasteiger partial charge in [0.25, 0.3) is 0 Å². The van der Waals surface area contributed by atoms with Crippen LogP contribution in [0.15, 0.2) is 4.99 Å². The van der Waals surface area contributed by atoms with Crippen molar-refractivity contribution in [2.24, 2.45) is 22.6 Å². The second-order valence-electron chi connectivity index (χ2n) is 5.12. The summed E-state index contributed by atoms with van der Waals surface area (Å²) in [5, 5.41) is 9.15. The van der Waals surface area contributed by atoms with Crippen LogP contribution in [0.4, 0.5) is 0 Å². The van der Waals surface area contributed by atoms with Crippen LogP contribution in [0.3, 0.4) is 0 Å². The molecule has 3 N–H and O–H groups in total. The minimum absolute atomic E-state index is 0.335. The van der Waals surface area contributed by atoms with E-state index in [1.165, 1.54) is 25.7 Å². The van der Waals surface area contributed by atoms with Gasteiger partial charge in [0.2, 0.25) is 0 Å². The average molecular weight is 225 g/mol. The van der Waals surface area contributed by atoms with Crippen molar-refractivity contribution in [2.45, 2.75) is 32.1 Å². The molecule has 0 aromatic rings. The van der Waals surface area contributed by atoms with Crippen LogP contribution in [0.5, 0.6) is 0 Å². The van der Waals surface area contributed by atoms with E-state index in [4.69, 9.17) is 10.8 Å². The highest BCUT2D eigenvalue weighted by molar-refractivity contribution is 5.78. The van der Waals surface area contributed by atoms with Gasteiger partial charge < -0.3 is 15.7 Å². The quantitative estimate of drug-likeness (QED) is 0.552. The Morgan fingerprint density at radius 1 is 1.25 bits per heavy atom. The molecule has 1 aliphatic heterocycles. The third kappa shape index (κ3) is 2.88. The molecule has 0 unspecified atom stereocenters. The van der Waals surface area contributed by atoms with Gasteiger partial charge in [0, 0.05) is 26.2 Å². The Bertz CT molecular complexity index is 251. The molecule has 0 bridgehead atoms. The van der Waals surface area contributed by atoms with Gasteiger partial charge in [-0.1, -0.05) is 6.42 Å². The maximum absolute atomic E-state index is 9.15. The van der Waals surface area contributed by atoms with Crippen molar-refractivity contribution in [1.29, 1.82) is 0 Å². The van der Waals surface area contributed by atoms with E-state index in [1.807, 2.05) is 0 Å². The van der Waals surface area contributed by atoms with Gasteiger partial charge in [-0.2, -0.15) is 0 Å². The third-order valence-electron chi connectivity index (χ3n) is 3.84. The summed E-state index contributed by atoms with van der Waals surface area (Å²) in [7, 11) is 0. The molecule has 2 atom stereocenters. The number of guanidine groups is 1. The van der Waals surface area contributed by atoms with Crippen LogP contribution in [0.1, 0.15) is 32.1 Å². The fraction of sp³-hybridized carbons (Fsp3) is 0.917. The number of nitrogens with zero attached hydrogens (tertiary/aromatic N) is 2. The molecule has 1 heterocycles. The van der Waals surface area contributed by atoms with Gasteiger partial charge in [0.05, 0.1) is 0 Å². The largest absolute Gasteiger partial charge is 0.396 e. The van der Waals surface area contributed by atoms with Gasteiger partial charge in [-0.3, -0.25) is 4.99 Å². The summed E-state index contributed by atoms with van der Waals surface area (Å²) >= 11 is 0. The van der Waals surface area contributed by atoms with E-state index in [0.29, 0.717) is 18.4 Å². The molecule has 1 saturated carbocycles. The Hall–Kier alpha value is -0.770. The summed E-state index contributed by atoms with van der Waals surface area (Å²) in [6, 6.07) is 0. The first-order valence-corrected chi connectivity index (χ1v) is 6.45. The maximum atomic E-state index is 9.15. The summed E-state index contributed by atoms with van der Waals surface area (Å²) in [5.74, 6) is 1.85. The zero-order chi connectivity index (χ0) is 11.4. The average Bonchev–Trinajstić information content (AvgIpc) is 2.24. The summed E-state index contributed by atoms with van der Waals surface area (Å²) in [6.07, 6.45) is 6.01. The van der Waals surface area contributed by atoms with Gasteiger partial charge >= 0.3 is 0 Å². The molecule has 0 amide bonds. The van der Waals surface area contributed by atoms with E-state index < -0.39 is 0 Å². The standard InChI is InChI=1S/C12H23N3O/c13-12(15-5-2-6-15)14-8-10-3-1-4-11(7-10)9-16/h10-11,16H,1-9H2,(H2,13,14)/t10-,11+/m0/s1. The molecule has 92 valence electrons. The molecule has 4 nitrogen and oxygen atoms in total. The first kappa shape index (κ1) is 11.7. The first-order chi connectivity index (χ1) is 7.79. The predicted molar refractivity (Wildman–Crippen MR) is 65.2 cm³/mol. The maximum Gasteiger partial charge on any atom is 0.191 e. The van der Waals surface area contributed by atoms with Crippen LogP contribution >= 0.6 is 0 Å². The lowest BCUT2D eigenvalue weighted by Gasteiger charge is -2.32. The second-order valence-corrected chi connectivity index (χ2v) is 5.12. The van der Waals surface area contributed by atoms with E-state index in [0.717, 1.165) is 32.0 Å². The minimum Gasteiger partial charge on any atom is -0.396 e. The number of hydrogen-bond acceptors (Lipinski definition) is 2. The van der Waals surface area contributed by atoms with E-state index in [2.05, 4.69) is 9.89 Å². The molecule has 2 rings (SSSR count). The highest BCUT2D eigenvalue weighted by Crippen LogP contribution is 2.28. The summed E-state index contributed by atoms with van der Waals surface area (Å²) < 4.78 is 0. The predicted octanol–water partition coefficient (Wildman–Crippen LogP) is 0.805. The zero-order valence-corrected chi connectivity index (χ0v) is 9.94. The third-order valence-corrected chi connectivity index (χ3v) is 3.84. The van der Waals surface area contributed by atoms with Crippen molar-refractivity contribution >= 4 is 5.96 Å². The topological polar surface area (TPSA) is 61.9 Å². The van der Waals surface area contributed by atoms with Gasteiger partial charge in [-0.05, 0) is 37.5 Å². The molecule has 16 heavy (non-hydrogen) atoms. The van der Waals surface area contributed by atoms with Gasteiger partial charge in [0.1, 0.15) is 0 Å². The van der Waals surface area contributed by atoms with Crippen LogP contribution in [0.2, 0.25) is 0 Å². The van der Waals surface area contributed by atoms with Crippen LogP contribution in [0, 0.1) is 11.8 Å². The van der Waals surface area contributed by atoms with Gasteiger partial charge in [-0.25, -0.2) is 0 Å². The SMILES string of the molecule is NC(=NC[C@H]1CCC[C@@H](CO)C1)N1CCC1. The van der Waals surface area contributed by atoms with E-state index in [-0.39, 0.29) is 0 Å². The summed E-state index contributed by atoms with van der Waals surface area (Å²) in [4.78, 5) is 6.61. The van der Waals surface area contributed by atoms with Gasteiger partial charge in [0.15, 0.2) is 5.96 Å². The number of aliphatic imine (C=N–C) groups is 1. The summed E-state index contributed by atoms with van der Waals surface area (Å²) in [6.45, 7) is 3.32. The number of hydrogen-bond donors (Lipinski definition) is 2. The minimum atomic E-state index is 0.335. The Morgan fingerprint density at radius 2 is 2.00 bits per heavy atom. The summed E-state index contributed by atoms with van der Waals surface area (Å²) in [5.41, 5.74) is 5.89. The molecular weight excluding hydrogens is 202 g/mol. The van der Waals surface area contributed by atoms with E-state index >= 15 is 0 Å². The van der Waals surface area contributed by atoms with Crippen LogP contribution in [0.25, 0.3) is 0 Å². The lowest BCUT2D eigenvalue weighted by atomic mass is 9.82. The van der Waals surface area contributed by atoms with Crippen LogP contribution in [-0.4, -0.2) is 42.2 Å². The molecular formula is C12H23N3O. The van der Waals surface area contributed by atoms with Crippen molar-refractivity contribution in [2.75, 3.05) is 26.2 Å². The monoisotopic (exact) mass is 225 g/mol. The van der Waals surface area contributed by atoms with Crippen molar-refractivity contribution in [3.8, 4) is 0 Å². The molecule has 0 aromatic heterocycles. The molecule has 0 radical (unpaired) electrons. The molecule has 2 fully saturated rings. The van der Waals surface area contributed by atoms with Crippen LogP contribution in [-0.2, 0) is 0 Å². The fourth-order valence-electron chi connectivity index (χ4n) is 2.60. The van der Waals surface area contributed by atoms with Crippen LogP contribution < -0.4 is 5.73 Å². The molecule has 4 heteroatoms. The Balaban J connectivity index is 1.75. The van der Waals surface area contributed by atoms with Crippen molar-refractivity contribution in [3.05, 3.63) is 0 Å². The number of nitrogens with two attached hydrogens (primary N) is 1. The molecule has 1 aliphatic carbocycles. The molecule has 1 saturated heterocycles. The normalized spacial score (nSPS) is 31.3. The van der Waals surface area contributed by atoms with Crippen molar-refractivity contribution in [3.63, 3.8) is 0 Å². The highest BCUT2D eigenvalue weighted by Gasteiger charge is 2.22. The van der Waals surface area contributed by atoms with E-state index in [9.17, 15) is 0 Å². The number of aliphatic hydroxyl groups excluding tert-OH is 1. The lowest BCUT2D eigenvalue weighted by Crippen LogP contribution is -2.46. The number of likely N-dealkylation sites (tertiary alicyclic amines) is 1. The smallest absolute Gasteiger partial charge is 0.191 e. The molecule has 2 aliphatic rings. The number of aliphatic hydroxyl groups is 1. The highest BCUT2D eigenvalue weighted by atomic mass is 16.3. The Labute approximate surface area is 97.5 Å². The molecule has 0 spiro atoms. The second kappa shape index (κ2) is 5.53. The molecule has 0 aromatic carbocycles. The number of rotatable bonds is 3. The zero-order valence-electron chi connectivity index (χ0n) is 9.94. The van der Waals surface area contributed by atoms with Crippen molar-refractivity contribution < 1.29 is 5.11 Å². The van der Waals surface area contributed by atoms with Gasteiger partial charge in [-0.15, -0.1) is 0 Å². The van der Waals surface area contributed by atoms with Crippen molar-refractivity contribution in [1.82, 2.24) is 4.90 Å². The first-order valence-electron chi connectivity index (χ1n) is 6.45. The lowest BCUT2D eigenvalue weighted by molar-refractivity contribution is 0.163. The Kier molecular flexibility index (Phi) is 4.04. The Morgan fingerprint density at radius 3 is 2.62 bits per heavy atom. The fourth-order valence-corrected chi connectivity index (χ4v) is 2.60.